The van der Waals surface area contributed by atoms with Crippen LogP contribution in [0.15, 0.2) is 6.20 Å². The minimum Gasteiger partial charge on any atom is -0.476 e. The van der Waals surface area contributed by atoms with Crippen molar-refractivity contribution in [2.24, 2.45) is 0 Å². The minimum atomic E-state index is -1.10. The maximum Gasteiger partial charge on any atom is 0.355 e. The molecule has 5 nitrogen and oxygen atoms in total. The van der Waals surface area contributed by atoms with Crippen LogP contribution in [0.2, 0.25) is 0 Å². The number of aromatic carboxylic acids is 1. The van der Waals surface area contributed by atoms with Crippen LogP contribution >= 0.6 is 0 Å². The second-order valence-corrected chi connectivity index (χ2v) is 2.72. The van der Waals surface area contributed by atoms with Crippen LogP contribution in [-0.2, 0) is 6.54 Å². The van der Waals surface area contributed by atoms with Crippen molar-refractivity contribution in [1.82, 2.24) is 15.0 Å². The Morgan fingerprint density at radius 1 is 1.85 bits per heavy atom. The first kappa shape index (κ1) is 9.63. The van der Waals surface area contributed by atoms with Crippen LogP contribution in [0.1, 0.15) is 23.8 Å². The molecule has 0 aliphatic rings. The molecule has 1 rings (SSSR count). The van der Waals surface area contributed by atoms with Crippen molar-refractivity contribution in [2.75, 3.05) is 0 Å². The number of carboxylic acid groups (broad SMARTS) is 1. The highest BCUT2D eigenvalue weighted by molar-refractivity contribution is 5.85. The van der Waals surface area contributed by atoms with Gasteiger partial charge in [0.1, 0.15) is 0 Å². The Bertz CT molecular complexity index is 298. The molecule has 1 aromatic rings. The molecule has 0 saturated heterocycles. The minimum absolute atomic E-state index is 0.0133. The lowest BCUT2D eigenvalue weighted by Gasteiger charge is -2.02. The van der Waals surface area contributed by atoms with Crippen LogP contribution in [0, 0.1) is 0 Å². The highest BCUT2D eigenvalue weighted by Crippen LogP contribution is 2.02. The van der Waals surface area contributed by atoms with Crippen molar-refractivity contribution < 1.29 is 14.3 Å². The summed E-state index contributed by atoms with van der Waals surface area (Å²) in [6.07, 6.45) is 0.417. The van der Waals surface area contributed by atoms with E-state index in [-0.39, 0.29) is 18.7 Å². The van der Waals surface area contributed by atoms with Crippen molar-refractivity contribution >= 4 is 5.97 Å². The molecule has 0 radical (unpaired) electrons. The molecule has 0 fully saturated rings. The van der Waals surface area contributed by atoms with Gasteiger partial charge in [0.2, 0.25) is 0 Å². The Morgan fingerprint density at radius 3 is 3.08 bits per heavy atom. The molecule has 0 aromatic carbocycles. The van der Waals surface area contributed by atoms with Crippen molar-refractivity contribution in [3.05, 3.63) is 11.9 Å². The smallest absolute Gasteiger partial charge is 0.355 e. The Kier molecular flexibility index (Phi) is 2.94. The van der Waals surface area contributed by atoms with Crippen LogP contribution in [0.3, 0.4) is 0 Å². The molecule has 0 bridgehead atoms. The third-order valence-corrected chi connectivity index (χ3v) is 1.58. The largest absolute Gasteiger partial charge is 0.476 e. The SMILES string of the molecule is CC(F)CCn1nncc1C(=O)O. The second kappa shape index (κ2) is 3.97. The highest BCUT2D eigenvalue weighted by atomic mass is 19.1. The standard InChI is InChI=1S/C7H10FN3O2/c1-5(8)2-3-11-6(7(12)13)4-9-10-11/h4-5H,2-3H2,1H3,(H,12,13). The lowest BCUT2D eigenvalue weighted by molar-refractivity contribution is 0.0682. The predicted molar refractivity (Wildman–Crippen MR) is 42.2 cm³/mol. The number of aryl methyl sites for hydroxylation is 1. The fourth-order valence-electron chi connectivity index (χ4n) is 0.889. The molecule has 0 saturated carbocycles. The monoisotopic (exact) mass is 187 g/mol. The average Bonchev–Trinajstić information content (AvgIpc) is 2.47. The van der Waals surface area contributed by atoms with E-state index < -0.39 is 12.1 Å². The molecule has 0 aliphatic carbocycles. The number of aromatic nitrogens is 3. The van der Waals surface area contributed by atoms with E-state index in [4.69, 9.17) is 5.11 Å². The summed E-state index contributed by atoms with van der Waals surface area (Å²) in [7, 11) is 0. The molecule has 0 aliphatic heterocycles. The highest BCUT2D eigenvalue weighted by Gasteiger charge is 2.11. The predicted octanol–water partition coefficient (Wildman–Crippen LogP) is 0.724. The number of rotatable bonds is 4. The number of alkyl halides is 1. The van der Waals surface area contributed by atoms with Crippen molar-refractivity contribution in [3.63, 3.8) is 0 Å². The average molecular weight is 187 g/mol. The van der Waals surface area contributed by atoms with E-state index in [1.54, 1.807) is 0 Å². The van der Waals surface area contributed by atoms with Crippen molar-refractivity contribution in [2.45, 2.75) is 26.1 Å². The number of hydrogen-bond acceptors (Lipinski definition) is 3. The van der Waals surface area contributed by atoms with E-state index in [0.29, 0.717) is 0 Å². The number of nitrogens with zero attached hydrogens (tertiary/aromatic N) is 3. The van der Waals surface area contributed by atoms with Gasteiger partial charge in [-0.15, -0.1) is 5.10 Å². The van der Waals surface area contributed by atoms with E-state index in [1.807, 2.05) is 0 Å². The van der Waals surface area contributed by atoms with E-state index in [9.17, 15) is 9.18 Å². The van der Waals surface area contributed by atoms with Gasteiger partial charge in [0.05, 0.1) is 12.4 Å². The van der Waals surface area contributed by atoms with E-state index in [0.717, 1.165) is 6.20 Å². The summed E-state index contributed by atoms with van der Waals surface area (Å²) in [5.41, 5.74) is -0.0133. The topological polar surface area (TPSA) is 68.0 Å². The Hall–Kier alpha value is -1.46. The number of halogens is 1. The molecule has 13 heavy (non-hydrogen) atoms. The zero-order chi connectivity index (χ0) is 9.84. The fraction of sp³-hybridized carbons (Fsp3) is 0.571. The third-order valence-electron chi connectivity index (χ3n) is 1.58. The summed E-state index contributed by atoms with van der Waals surface area (Å²) < 4.78 is 13.6. The molecule has 0 amide bonds. The van der Waals surface area contributed by atoms with Crippen LogP contribution in [0.4, 0.5) is 4.39 Å². The van der Waals surface area contributed by atoms with Gasteiger partial charge in [0.25, 0.3) is 0 Å². The molecular formula is C7H10FN3O2. The van der Waals surface area contributed by atoms with Gasteiger partial charge >= 0.3 is 5.97 Å². The molecule has 72 valence electrons. The zero-order valence-electron chi connectivity index (χ0n) is 7.14. The molecular weight excluding hydrogens is 177 g/mol. The van der Waals surface area contributed by atoms with Crippen molar-refractivity contribution in [1.29, 1.82) is 0 Å². The Labute approximate surface area is 74.2 Å². The lowest BCUT2D eigenvalue weighted by atomic mass is 10.3. The van der Waals surface area contributed by atoms with Gasteiger partial charge in [-0.05, 0) is 13.3 Å². The van der Waals surface area contributed by atoms with Gasteiger partial charge in [-0.3, -0.25) is 0 Å². The number of hydrogen-bond donors (Lipinski definition) is 1. The summed E-state index contributed by atoms with van der Waals surface area (Å²) in [6, 6.07) is 0. The summed E-state index contributed by atoms with van der Waals surface area (Å²) in [5, 5.41) is 15.6. The first-order chi connectivity index (χ1) is 6.11. The summed E-state index contributed by atoms with van der Waals surface area (Å²) in [4.78, 5) is 10.5. The van der Waals surface area contributed by atoms with Crippen LogP contribution in [-0.4, -0.2) is 32.2 Å². The maximum absolute atomic E-state index is 12.4. The molecule has 1 unspecified atom stereocenters. The number of carboxylic acids is 1. The van der Waals surface area contributed by atoms with E-state index in [1.165, 1.54) is 11.6 Å². The Balaban J connectivity index is 2.65. The quantitative estimate of drug-likeness (QED) is 0.754. The van der Waals surface area contributed by atoms with Crippen molar-refractivity contribution in [3.8, 4) is 0 Å². The molecule has 1 atom stereocenters. The molecule has 0 spiro atoms. The Morgan fingerprint density at radius 2 is 2.54 bits per heavy atom. The molecule has 6 heteroatoms. The van der Waals surface area contributed by atoms with Gasteiger partial charge in [0, 0.05) is 6.54 Å². The first-order valence-corrected chi connectivity index (χ1v) is 3.87. The molecule has 1 aromatic heterocycles. The lowest BCUT2D eigenvalue weighted by Crippen LogP contribution is -2.12. The molecule has 1 heterocycles. The zero-order valence-corrected chi connectivity index (χ0v) is 7.14. The molecule has 1 N–H and O–H groups in total. The van der Waals surface area contributed by atoms with E-state index >= 15 is 0 Å². The third kappa shape index (κ3) is 2.50. The first-order valence-electron chi connectivity index (χ1n) is 3.87. The van der Waals surface area contributed by atoms with Gasteiger partial charge in [0.15, 0.2) is 5.69 Å². The van der Waals surface area contributed by atoms with Crippen LogP contribution < -0.4 is 0 Å². The van der Waals surface area contributed by atoms with Gasteiger partial charge in [-0.2, -0.15) is 0 Å². The summed E-state index contributed by atoms with van der Waals surface area (Å²) >= 11 is 0. The summed E-state index contributed by atoms with van der Waals surface area (Å²) in [5.74, 6) is -1.10. The van der Waals surface area contributed by atoms with Crippen LogP contribution in [0.5, 0.6) is 0 Å². The number of carbonyl (C=O) groups is 1. The van der Waals surface area contributed by atoms with Gasteiger partial charge < -0.3 is 5.11 Å². The second-order valence-electron chi connectivity index (χ2n) is 2.72. The van der Waals surface area contributed by atoms with Gasteiger partial charge in [-0.1, -0.05) is 5.21 Å². The normalized spacial score (nSPS) is 12.8. The van der Waals surface area contributed by atoms with Gasteiger partial charge in [-0.25, -0.2) is 13.9 Å². The fourth-order valence-corrected chi connectivity index (χ4v) is 0.889. The van der Waals surface area contributed by atoms with E-state index in [2.05, 4.69) is 10.3 Å². The maximum atomic E-state index is 12.4. The summed E-state index contributed by atoms with van der Waals surface area (Å²) in [6.45, 7) is 1.65. The van der Waals surface area contributed by atoms with Crippen LogP contribution in [0.25, 0.3) is 0 Å².